The number of benzene rings is 1. The maximum atomic E-state index is 12.0. The molecule has 0 saturated carbocycles. The van der Waals surface area contributed by atoms with Gasteiger partial charge in [0.15, 0.2) is 12.2 Å². The van der Waals surface area contributed by atoms with Gasteiger partial charge in [-0.05, 0) is 45.3 Å². The maximum absolute atomic E-state index is 12.0. The summed E-state index contributed by atoms with van der Waals surface area (Å²) in [7, 11) is -0.588. The van der Waals surface area contributed by atoms with Crippen LogP contribution >= 0.6 is 0 Å². The van der Waals surface area contributed by atoms with Gasteiger partial charge in [-0.15, -0.1) is 0 Å². The van der Waals surface area contributed by atoms with Crippen molar-refractivity contribution >= 4 is 36.5 Å². The van der Waals surface area contributed by atoms with Crippen LogP contribution in [0.5, 0.6) is 5.75 Å². The minimum atomic E-state index is -1.33. The van der Waals surface area contributed by atoms with Crippen LogP contribution < -0.4 is 10.2 Å². The van der Waals surface area contributed by atoms with Crippen LogP contribution in [-0.2, 0) is 52.2 Å². The maximum Gasteiger partial charge on any atom is 0.494 e. The van der Waals surface area contributed by atoms with Crippen LogP contribution in [0.3, 0.4) is 0 Å². The van der Waals surface area contributed by atoms with Crippen LogP contribution in [0.15, 0.2) is 24.3 Å². The highest BCUT2D eigenvalue weighted by Crippen LogP contribution is 2.37. The molecule has 39 heavy (non-hydrogen) atoms. The molecule has 0 unspecified atom stereocenters. The Morgan fingerprint density at radius 1 is 0.744 bits per heavy atom. The molecule has 2 fully saturated rings. The average Bonchev–Trinajstić information content (AvgIpc) is 3.02. The lowest BCUT2D eigenvalue weighted by molar-refractivity contribution is -0.288. The van der Waals surface area contributed by atoms with Crippen molar-refractivity contribution in [3.05, 3.63) is 24.3 Å². The summed E-state index contributed by atoms with van der Waals surface area (Å²) in [6, 6.07) is 6.80. The van der Waals surface area contributed by atoms with Gasteiger partial charge in [0.25, 0.3) is 0 Å². The van der Waals surface area contributed by atoms with Crippen molar-refractivity contribution in [2.75, 3.05) is 6.61 Å². The molecule has 2 aliphatic rings. The van der Waals surface area contributed by atoms with E-state index in [2.05, 4.69) is 0 Å². The quantitative estimate of drug-likeness (QED) is 0.263. The largest absolute Gasteiger partial charge is 0.494 e. The number of rotatable bonds is 8. The van der Waals surface area contributed by atoms with Crippen molar-refractivity contribution in [2.45, 2.75) is 97.3 Å². The molecule has 0 N–H and O–H groups in total. The van der Waals surface area contributed by atoms with Crippen LogP contribution in [0.2, 0.25) is 0 Å². The van der Waals surface area contributed by atoms with Crippen molar-refractivity contribution in [3.8, 4) is 5.75 Å². The van der Waals surface area contributed by atoms with Crippen molar-refractivity contribution in [3.63, 3.8) is 0 Å². The van der Waals surface area contributed by atoms with Crippen LogP contribution in [-0.4, -0.2) is 79.5 Å². The fraction of sp³-hybridized carbons (Fsp3) is 0.615. The second-order valence-electron chi connectivity index (χ2n) is 10.3. The Labute approximate surface area is 227 Å². The Kier molecular flexibility index (Phi) is 9.29. The molecule has 3 rings (SSSR count). The first kappa shape index (κ1) is 30.4. The van der Waals surface area contributed by atoms with Crippen molar-refractivity contribution in [2.24, 2.45) is 0 Å². The summed E-state index contributed by atoms with van der Waals surface area (Å²) < 4.78 is 45.4. The lowest BCUT2D eigenvalue weighted by Crippen LogP contribution is -2.63. The molecule has 2 saturated heterocycles. The van der Waals surface area contributed by atoms with Crippen LogP contribution in [0.4, 0.5) is 0 Å². The molecule has 0 spiro atoms. The fourth-order valence-electron chi connectivity index (χ4n) is 4.10. The summed E-state index contributed by atoms with van der Waals surface area (Å²) in [5.41, 5.74) is -0.273. The first-order valence-corrected chi connectivity index (χ1v) is 12.5. The van der Waals surface area contributed by atoms with E-state index in [4.69, 9.17) is 37.7 Å². The van der Waals surface area contributed by atoms with Gasteiger partial charge in [0, 0.05) is 27.7 Å². The van der Waals surface area contributed by atoms with Crippen LogP contribution in [0, 0.1) is 0 Å². The third kappa shape index (κ3) is 7.49. The third-order valence-corrected chi connectivity index (χ3v) is 6.61. The minimum absolute atomic E-state index is 0.316. The van der Waals surface area contributed by atoms with E-state index >= 15 is 0 Å². The Morgan fingerprint density at radius 3 is 1.72 bits per heavy atom. The van der Waals surface area contributed by atoms with Gasteiger partial charge in [-0.2, -0.15) is 0 Å². The van der Waals surface area contributed by atoms with Crippen LogP contribution in [0.1, 0.15) is 55.4 Å². The number of ether oxygens (including phenoxy) is 6. The number of esters is 4. The molecule has 0 amide bonds. The van der Waals surface area contributed by atoms with Gasteiger partial charge in [-0.1, -0.05) is 12.1 Å². The lowest BCUT2D eigenvalue weighted by Gasteiger charge is -2.43. The number of hydrogen-bond acceptors (Lipinski definition) is 12. The summed E-state index contributed by atoms with van der Waals surface area (Å²) in [6.45, 7) is 12.1. The molecule has 0 radical (unpaired) electrons. The third-order valence-electron chi connectivity index (χ3n) is 6.61. The molecule has 0 aromatic heterocycles. The van der Waals surface area contributed by atoms with E-state index in [1.54, 1.807) is 24.3 Å². The van der Waals surface area contributed by atoms with Crippen molar-refractivity contribution in [1.82, 2.24) is 0 Å². The van der Waals surface area contributed by atoms with E-state index in [1.807, 2.05) is 27.7 Å². The predicted octanol–water partition coefficient (Wildman–Crippen LogP) is 1.45. The zero-order chi connectivity index (χ0) is 29.1. The topological polar surface area (TPSA) is 142 Å². The van der Waals surface area contributed by atoms with Gasteiger partial charge >= 0.3 is 31.0 Å². The standard InChI is InChI=1S/C26H35BO12/c1-14(28)32-13-20-21(33-15(2)29)22(34-16(3)30)23(35-17(4)31)24(37-20)36-19-11-9-18(10-12-19)27-38-25(5,6)26(7,8)39-27/h9-12,20-24H,13H2,1-8H3/t20-,21-,22+,23+,24+/m1/s1. The fourth-order valence-corrected chi connectivity index (χ4v) is 4.10. The van der Waals surface area contributed by atoms with Crippen molar-refractivity contribution in [1.29, 1.82) is 0 Å². The highest BCUT2D eigenvalue weighted by Gasteiger charge is 2.54. The first-order valence-electron chi connectivity index (χ1n) is 12.5. The lowest BCUT2D eigenvalue weighted by atomic mass is 9.79. The van der Waals surface area contributed by atoms with Gasteiger partial charge in [-0.25, -0.2) is 0 Å². The zero-order valence-electron chi connectivity index (χ0n) is 23.4. The molecule has 13 heteroatoms. The molecule has 1 aromatic rings. The Morgan fingerprint density at radius 2 is 1.23 bits per heavy atom. The molecule has 2 heterocycles. The van der Waals surface area contributed by atoms with E-state index in [1.165, 1.54) is 6.92 Å². The first-order chi connectivity index (χ1) is 18.1. The average molecular weight is 550 g/mol. The summed E-state index contributed by atoms with van der Waals surface area (Å²) >= 11 is 0. The zero-order valence-corrected chi connectivity index (χ0v) is 23.4. The van der Waals surface area contributed by atoms with Gasteiger partial charge in [-0.3, -0.25) is 19.2 Å². The van der Waals surface area contributed by atoms with Gasteiger partial charge in [0.2, 0.25) is 12.4 Å². The molecule has 12 nitrogen and oxygen atoms in total. The van der Waals surface area contributed by atoms with E-state index < -0.39 is 72.9 Å². The predicted molar refractivity (Wildman–Crippen MR) is 135 cm³/mol. The van der Waals surface area contributed by atoms with E-state index in [0.29, 0.717) is 5.75 Å². The molecule has 1 aromatic carbocycles. The second-order valence-corrected chi connectivity index (χ2v) is 10.3. The summed E-state index contributed by atoms with van der Waals surface area (Å²) in [4.78, 5) is 47.3. The molecule has 5 atom stereocenters. The highest BCUT2D eigenvalue weighted by atomic mass is 16.7. The van der Waals surface area contributed by atoms with E-state index in [0.717, 1.165) is 26.2 Å². The number of carbonyl (C=O) groups is 4. The summed E-state index contributed by atoms with van der Waals surface area (Å²) in [5, 5.41) is 0. The SMILES string of the molecule is CC(=O)OC[C@H]1O[C@H](Oc2ccc(B3OC(C)(C)C(C)(C)O3)cc2)[C@@H](OC(C)=O)[C@@H](OC(C)=O)[C@@H]1OC(C)=O. The monoisotopic (exact) mass is 550 g/mol. The van der Waals surface area contributed by atoms with Crippen molar-refractivity contribution < 1.29 is 56.9 Å². The molecule has 0 aliphatic carbocycles. The van der Waals surface area contributed by atoms with Gasteiger partial charge < -0.3 is 37.7 Å². The van der Waals surface area contributed by atoms with Gasteiger partial charge in [0.1, 0.15) is 18.5 Å². The minimum Gasteiger partial charge on any atom is -0.463 e. The highest BCUT2D eigenvalue weighted by molar-refractivity contribution is 6.62. The Bertz CT molecular complexity index is 1050. The summed E-state index contributed by atoms with van der Waals surface area (Å²) in [5.74, 6) is -2.45. The second kappa shape index (κ2) is 11.9. The van der Waals surface area contributed by atoms with Gasteiger partial charge in [0.05, 0.1) is 11.2 Å². The number of hydrogen-bond donors (Lipinski definition) is 0. The number of carbonyl (C=O) groups excluding carboxylic acids is 4. The smallest absolute Gasteiger partial charge is 0.463 e. The van der Waals surface area contributed by atoms with Crippen LogP contribution in [0.25, 0.3) is 0 Å². The molecule has 2 aliphatic heterocycles. The summed E-state index contributed by atoms with van der Waals surface area (Å²) in [6.07, 6.45) is -6.34. The Hall–Kier alpha value is -3.16. The molecular weight excluding hydrogens is 515 g/mol. The molecule has 214 valence electrons. The normalized spacial score (nSPS) is 27.3. The molecule has 0 bridgehead atoms. The van der Waals surface area contributed by atoms with E-state index in [-0.39, 0.29) is 6.61 Å². The van der Waals surface area contributed by atoms with E-state index in [9.17, 15) is 19.2 Å². The Balaban J connectivity index is 1.89. The molecular formula is C26H35BO12.